The molecule has 138 valence electrons. The Morgan fingerprint density at radius 2 is 1.78 bits per heavy atom. The molecule has 7 rings (SSSR count). The van der Waals surface area contributed by atoms with E-state index >= 15 is 0 Å². The van der Waals surface area contributed by atoms with E-state index in [1.54, 1.807) is 6.20 Å². The second-order valence-corrected chi connectivity index (χ2v) is 8.77. The number of fused-ring (bicyclic) bond motifs is 1. The lowest BCUT2D eigenvalue weighted by atomic mass is 9.51. The van der Waals surface area contributed by atoms with E-state index < -0.39 is 0 Å². The highest BCUT2D eigenvalue weighted by molar-refractivity contribution is 5.90. The van der Waals surface area contributed by atoms with Gasteiger partial charge in [-0.3, -0.25) is 0 Å². The number of aromatic nitrogens is 5. The average molecular weight is 363 g/mol. The Labute approximate surface area is 156 Å². The first-order valence-electron chi connectivity index (χ1n) is 10.0. The highest BCUT2D eigenvalue weighted by Crippen LogP contribution is 2.57. The summed E-state index contributed by atoms with van der Waals surface area (Å²) in [4.78, 5) is 20.3. The van der Waals surface area contributed by atoms with Gasteiger partial charge in [0, 0.05) is 23.3 Å². The maximum atomic E-state index is 14.6. The van der Waals surface area contributed by atoms with Crippen LogP contribution in [0.1, 0.15) is 37.8 Å². The lowest BCUT2D eigenvalue weighted by molar-refractivity contribution is -0.0366. The van der Waals surface area contributed by atoms with Gasteiger partial charge in [-0.05, 0) is 68.1 Å². The fraction of sp³-hybridized carbons (Fsp3) is 0.524. The normalized spacial score (nSPS) is 31.7. The lowest BCUT2D eigenvalue weighted by Crippen LogP contribution is -2.45. The van der Waals surface area contributed by atoms with E-state index in [1.807, 2.05) is 6.20 Å². The van der Waals surface area contributed by atoms with Crippen LogP contribution < -0.4 is 0 Å². The molecule has 4 aliphatic carbocycles. The molecule has 3 aromatic rings. The minimum absolute atomic E-state index is 0.274. The molecule has 3 aromatic heterocycles. The minimum Gasteiger partial charge on any atom is -0.345 e. The molecule has 4 saturated carbocycles. The standard InChI is InChI=1S/C21H22FN5/c22-18-9-25-21(17-8-24-20-16(17)7-23-10-26-20)27-19(18)6-15-13-2-11-1-12(4-13)5-14(15)3-11/h7-15H,1-6H2,(H,23,24,26). The van der Waals surface area contributed by atoms with Crippen LogP contribution in [0.5, 0.6) is 0 Å². The van der Waals surface area contributed by atoms with Crippen molar-refractivity contribution in [2.24, 2.45) is 29.6 Å². The molecule has 0 aromatic carbocycles. The van der Waals surface area contributed by atoms with Gasteiger partial charge >= 0.3 is 0 Å². The first kappa shape index (κ1) is 15.7. The smallest absolute Gasteiger partial charge is 0.163 e. The third-order valence-electron chi connectivity index (χ3n) is 7.26. The van der Waals surface area contributed by atoms with Crippen molar-refractivity contribution in [3.05, 3.63) is 36.4 Å². The van der Waals surface area contributed by atoms with Crippen LogP contribution in [-0.4, -0.2) is 24.9 Å². The number of hydrogen-bond donors (Lipinski definition) is 1. The van der Waals surface area contributed by atoms with Crippen molar-refractivity contribution in [1.82, 2.24) is 24.9 Å². The third-order valence-corrected chi connectivity index (χ3v) is 7.26. The Bertz CT molecular complexity index is 985. The van der Waals surface area contributed by atoms with Gasteiger partial charge < -0.3 is 4.98 Å². The van der Waals surface area contributed by atoms with E-state index in [4.69, 9.17) is 0 Å². The minimum atomic E-state index is -0.274. The molecule has 4 aliphatic rings. The first-order valence-corrected chi connectivity index (χ1v) is 10.0. The van der Waals surface area contributed by atoms with Crippen LogP contribution in [0.15, 0.2) is 24.9 Å². The second-order valence-electron chi connectivity index (χ2n) is 8.77. The van der Waals surface area contributed by atoms with Gasteiger partial charge in [-0.15, -0.1) is 0 Å². The van der Waals surface area contributed by atoms with Crippen molar-refractivity contribution in [2.75, 3.05) is 0 Å². The average Bonchev–Trinajstić information content (AvgIpc) is 3.10. The summed E-state index contributed by atoms with van der Waals surface area (Å²) in [5.74, 6) is 4.25. The number of H-pyrrole nitrogens is 1. The summed E-state index contributed by atoms with van der Waals surface area (Å²) >= 11 is 0. The quantitative estimate of drug-likeness (QED) is 0.758. The molecule has 0 amide bonds. The van der Waals surface area contributed by atoms with Crippen molar-refractivity contribution in [2.45, 2.75) is 38.5 Å². The number of halogens is 1. The molecular formula is C21H22FN5. The van der Waals surface area contributed by atoms with Crippen molar-refractivity contribution in [3.8, 4) is 11.4 Å². The number of nitrogens with one attached hydrogen (secondary N) is 1. The van der Waals surface area contributed by atoms with Crippen LogP contribution in [-0.2, 0) is 6.42 Å². The van der Waals surface area contributed by atoms with E-state index in [-0.39, 0.29) is 5.82 Å². The maximum Gasteiger partial charge on any atom is 0.163 e. The predicted molar refractivity (Wildman–Crippen MR) is 99.1 cm³/mol. The Morgan fingerprint density at radius 1 is 1.00 bits per heavy atom. The van der Waals surface area contributed by atoms with Gasteiger partial charge in [0.25, 0.3) is 0 Å². The van der Waals surface area contributed by atoms with Crippen LogP contribution in [0.3, 0.4) is 0 Å². The summed E-state index contributed by atoms with van der Waals surface area (Å²) in [5.41, 5.74) is 2.15. The molecule has 4 bridgehead atoms. The second kappa shape index (κ2) is 5.81. The number of hydrogen-bond acceptors (Lipinski definition) is 4. The predicted octanol–water partition coefficient (Wildman–Crippen LogP) is 4.17. The summed E-state index contributed by atoms with van der Waals surface area (Å²) in [6.07, 6.45) is 14.0. The molecule has 27 heavy (non-hydrogen) atoms. The molecule has 0 spiro atoms. The Hall–Kier alpha value is -2.37. The summed E-state index contributed by atoms with van der Waals surface area (Å²) in [7, 11) is 0. The molecule has 0 radical (unpaired) electrons. The largest absolute Gasteiger partial charge is 0.345 e. The summed E-state index contributed by atoms with van der Waals surface area (Å²) in [5, 5.41) is 0.865. The van der Waals surface area contributed by atoms with Gasteiger partial charge in [0.05, 0.1) is 11.9 Å². The van der Waals surface area contributed by atoms with Crippen molar-refractivity contribution < 1.29 is 4.39 Å². The van der Waals surface area contributed by atoms with Crippen LogP contribution in [0.4, 0.5) is 4.39 Å². The molecule has 5 nitrogen and oxygen atoms in total. The van der Waals surface area contributed by atoms with Crippen molar-refractivity contribution in [1.29, 1.82) is 0 Å². The van der Waals surface area contributed by atoms with E-state index in [0.717, 1.165) is 46.7 Å². The molecular weight excluding hydrogens is 341 g/mol. The summed E-state index contributed by atoms with van der Waals surface area (Å²) in [6, 6.07) is 0. The molecule has 3 heterocycles. The zero-order valence-corrected chi connectivity index (χ0v) is 15.1. The zero-order valence-electron chi connectivity index (χ0n) is 15.1. The molecule has 0 atom stereocenters. The van der Waals surface area contributed by atoms with Gasteiger partial charge in [0.1, 0.15) is 12.0 Å². The van der Waals surface area contributed by atoms with Crippen molar-refractivity contribution in [3.63, 3.8) is 0 Å². The molecule has 0 aliphatic heterocycles. The number of rotatable bonds is 3. The molecule has 4 fully saturated rings. The van der Waals surface area contributed by atoms with Crippen LogP contribution in [0, 0.1) is 35.4 Å². The number of aromatic amines is 1. The van der Waals surface area contributed by atoms with E-state index in [2.05, 4.69) is 24.9 Å². The van der Waals surface area contributed by atoms with Gasteiger partial charge in [0.2, 0.25) is 0 Å². The summed E-state index contributed by atoms with van der Waals surface area (Å²) in [6.45, 7) is 0. The van der Waals surface area contributed by atoms with E-state index in [1.165, 1.54) is 44.6 Å². The van der Waals surface area contributed by atoms with Crippen LogP contribution in [0.2, 0.25) is 0 Å². The highest BCUT2D eigenvalue weighted by Gasteiger charge is 2.48. The SMILES string of the molecule is Fc1cnc(-c2c[nH]c3ncncc23)nc1CC1C2CC3CC(C2)CC1C3. The monoisotopic (exact) mass is 363 g/mol. The topological polar surface area (TPSA) is 67.3 Å². The Balaban J connectivity index is 1.34. The highest BCUT2D eigenvalue weighted by atomic mass is 19.1. The fourth-order valence-electron chi connectivity index (χ4n) is 6.31. The van der Waals surface area contributed by atoms with Crippen molar-refractivity contribution >= 4 is 11.0 Å². The Morgan fingerprint density at radius 3 is 2.56 bits per heavy atom. The summed E-state index contributed by atoms with van der Waals surface area (Å²) < 4.78 is 14.6. The van der Waals surface area contributed by atoms with Crippen LogP contribution in [0.25, 0.3) is 22.4 Å². The van der Waals surface area contributed by atoms with Crippen LogP contribution >= 0.6 is 0 Å². The first-order chi connectivity index (χ1) is 13.2. The van der Waals surface area contributed by atoms with Gasteiger partial charge in [-0.2, -0.15) is 0 Å². The van der Waals surface area contributed by atoms with Gasteiger partial charge in [-0.1, -0.05) is 0 Å². The van der Waals surface area contributed by atoms with Gasteiger partial charge in [0.15, 0.2) is 11.6 Å². The molecule has 1 N–H and O–H groups in total. The fourth-order valence-corrected chi connectivity index (χ4v) is 6.31. The lowest BCUT2D eigenvalue weighted by Gasteiger charge is -2.54. The molecule has 0 saturated heterocycles. The van der Waals surface area contributed by atoms with Gasteiger partial charge in [-0.25, -0.2) is 24.3 Å². The third kappa shape index (κ3) is 2.49. The van der Waals surface area contributed by atoms with E-state index in [9.17, 15) is 4.39 Å². The zero-order chi connectivity index (χ0) is 18.0. The molecule has 0 unspecified atom stereocenters. The molecule has 6 heteroatoms. The van der Waals surface area contributed by atoms with E-state index in [0.29, 0.717) is 17.4 Å². The maximum absolute atomic E-state index is 14.6. The number of nitrogens with zero attached hydrogens (tertiary/aromatic N) is 4. The Kier molecular flexibility index (Phi) is 3.37.